The second-order valence-corrected chi connectivity index (χ2v) is 6.69. The maximum atomic E-state index is 6.35. The van der Waals surface area contributed by atoms with E-state index >= 15 is 0 Å². The summed E-state index contributed by atoms with van der Waals surface area (Å²) in [6.07, 6.45) is 4.43. The van der Waals surface area contributed by atoms with Crippen molar-refractivity contribution in [3.05, 3.63) is 41.0 Å². The molecule has 1 aliphatic rings. The number of hydrogen-bond acceptors (Lipinski definition) is 0. The second-order valence-electron chi connectivity index (χ2n) is 6.13. The Morgan fingerprint density at radius 2 is 1.71 bits per heavy atom. The molecule has 0 radical (unpaired) electrons. The first kappa shape index (κ1) is 12.7. The number of halogens is 1. The number of alkyl halides is 1. The third-order valence-electron chi connectivity index (χ3n) is 3.39. The van der Waals surface area contributed by atoms with Crippen LogP contribution in [0.5, 0.6) is 0 Å². The number of aryl methyl sites for hydroxylation is 2. The minimum atomic E-state index is 0.176. The summed E-state index contributed by atoms with van der Waals surface area (Å²) in [5.41, 5.74) is 5.73. The van der Waals surface area contributed by atoms with Gasteiger partial charge in [0.05, 0.1) is 5.38 Å². The summed E-state index contributed by atoms with van der Waals surface area (Å²) in [7, 11) is 0. The molecule has 17 heavy (non-hydrogen) atoms. The molecule has 1 aromatic rings. The van der Waals surface area contributed by atoms with Crippen LogP contribution in [-0.2, 0) is 0 Å². The van der Waals surface area contributed by atoms with Crippen LogP contribution in [0.2, 0.25) is 0 Å². The summed E-state index contributed by atoms with van der Waals surface area (Å²) < 4.78 is 0. The maximum absolute atomic E-state index is 6.35. The van der Waals surface area contributed by atoms with Crippen LogP contribution in [0.25, 0.3) is 5.57 Å². The molecule has 0 N–H and O–H groups in total. The first-order chi connectivity index (χ1) is 7.85. The number of rotatable bonds is 1. The molecule has 1 heteroatoms. The molecule has 0 fully saturated rings. The van der Waals surface area contributed by atoms with Gasteiger partial charge in [-0.25, -0.2) is 0 Å². The smallest absolute Gasteiger partial charge is 0.0527 e. The summed E-state index contributed by atoms with van der Waals surface area (Å²) in [4.78, 5) is 0. The Morgan fingerprint density at radius 3 is 2.24 bits per heavy atom. The van der Waals surface area contributed by atoms with Crippen molar-refractivity contribution < 1.29 is 0 Å². The molecular formula is C16H21Cl. The van der Waals surface area contributed by atoms with Crippen LogP contribution >= 0.6 is 11.6 Å². The van der Waals surface area contributed by atoms with E-state index in [0.717, 1.165) is 12.8 Å². The Bertz CT molecular complexity index is 434. The van der Waals surface area contributed by atoms with Gasteiger partial charge in [-0.05, 0) is 43.2 Å². The van der Waals surface area contributed by atoms with Crippen LogP contribution in [0.15, 0.2) is 24.3 Å². The Hall–Kier alpha value is -0.750. The first-order valence-corrected chi connectivity index (χ1v) is 6.73. The average molecular weight is 249 g/mol. The lowest BCUT2D eigenvalue weighted by Gasteiger charge is -2.32. The van der Waals surface area contributed by atoms with Gasteiger partial charge in [0, 0.05) is 0 Å². The van der Waals surface area contributed by atoms with Crippen molar-refractivity contribution in [1.29, 1.82) is 0 Å². The third-order valence-corrected chi connectivity index (χ3v) is 3.67. The van der Waals surface area contributed by atoms with Gasteiger partial charge in [0.2, 0.25) is 0 Å². The molecule has 1 aliphatic carbocycles. The number of allylic oxidation sites excluding steroid dienone is 2. The summed E-state index contributed by atoms with van der Waals surface area (Å²) in [6.45, 7) is 8.92. The summed E-state index contributed by atoms with van der Waals surface area (Å²) in [5, 5.41) is 0.176. The van der Waals surface area contributed by atoms with Crippen molar-refractivity contribution in [3.8, 4) is 0 Å². The molecule has 0 aliphatic heterocycles. The average Bonchev–Trinajstić information content (AvgIpc) is 2.12. The van der Waals surface area contributed by atoms with Gasteiger partial charge in [-0.2, -0.15) is 0 Å². The van der Waals surface area contributed by atoms with Crippen LogP contribution < -0.4 is 0 Å². The molecule has 1 unspecified atom stereocenters. The highest BCUT2D eigenvalue weighted by molar-refractivity contribution is 6.22. The highest BCUT2D eigenvalue weighted by Gasteiger charge is 2.28. The lowest BCUT2D eigenvalue weighted by Crippen LogP contribution is -2.21. The predicted octanol–water partition coefficient (Wildman–Crippen LogP) is 5.11. The number of hydrogen-bond donors (Lipinski definition) is 0. The fourth-order valence-electron chi connectivity index (χ4n) is 2.81. The van der Waals surface area contributed by atoms with Gasteiger partial charge < -0.3 is 0 Å². The Kier molecular flexibility index (Phi) is 3.36. The van der Waals surface area contributed by atoms with Gasteiger partial charge >= 0.3 is 0 Å². The lowest BCUT2D eigenvalue weighted by atomic mass is 9.75. The zero-order chi connectivity index (χ0) is 12.6. The SMILES string of the molecule is Cc1cc(C)cc(C2=CC(Cl)CC(C)(C)C2)c1. The molecule has 0 heterocycles. The first-order valence-electron chi connectivity index (χ1n) is 6.29. The van der Waals surface area contributed by atoms with E-state index in [4.69, 9.17) is 11.6 Å². The molecule has 92 valence electrons. The fraction of sp³-hybridized carbons (Fsp3) is 0.500. The zero-order valence-corrected chi connectivity index (χ0v) is 11.9. The van der Waals surface area contributed by atoms with Crippen molar-refractivity contribution >= 4 is 17.2 Å². The Labute approximate surface area is 110 Å². The van der Waals surface area contributed by atoms with E-state index < -0.39 is 0 Å². The van der Waals surface area contributed by atoms with E-state index in [0.29, 0.717) is 5.41 Å². The van der Waals surface area contributed by atoms with E-state index in [-0.39, 0.29) is 5.38 Å². The molecule has 0 nitrogen and oxygen atoms in total. The summed E-state index contributed by atoms with van der Waals surface area (Å²) in [5.74, 6) is 0. The Balaban J connectivity index is 2.39. The van der Waals surface area contributed by atoms with Gasteiger partial charge in [0.1, 0.15) is 0 Å². The molecule has 0 amide bonds. The normalized spacial score (nSPS) is 23.4. The fourth-order valence-corrected chi connectivity index (χ4v) is 3.38. The van der Waals surface area contributed by atoms with Crippen molar-refractivity contribution in [2.24, 2.45) is 5.41 Å². The Morgan fingerprint density at radius 1 is 1.12 bits per heavy atom. The molecule has 0 spiro atoms. The van der Waals surface area contributed by atoms with E-state index in [1.54, 1.807) is 0 Å². The molecule has 1 atom stereocenters. The highest BCUT2D eigenvalue weighted by Crippen LogP contribution is 2.41. The van der Waals surface area contributed by atoms with Gasteiger partial charge in [0.25, 0.3) is 0 Å². The predicted molar refractivity (Wildman–Crippen MR) is 76.5 cm³/mol. The van der Waals surface area contributed by atoms with E-state index in [1.807, 2.05) is 0 Å². The van der Waals surface area contributed by atoms with Crippen LogP contribution in [0.4, 0.5) is 0 Å². The largest absolute Gasteiger partial charge is 0.118 e. The van der Waals surface area contributed by atoms with Crippen molar-refractivity contribution in [2.75, 3.05) is 0 Å². The van der Waals surface area contributed by atoms with Gasteiger partial charge in [-0.1, -0.05) is 49.2 Å². The second kappa shape index (κ2) is 4.49. The quantitative estimate of drug-likeness (QED) is 0.606. The topological polar surface area (TPSA) is 0 Å². The van der Waals surface area contributed by atoms with Gasteiger partial charge in [-0.15, -0.1) is 11.6 Å². The molecule has 0 bridgehead atoms. The van der Waals surface area contributed by atoms with Crippen LogP contribution in [0, 0.1) is 19.3 Å². The van der Waals surface area contributed by atoms with Crippen molar-refractivity contribution in [3.63, 3.8) is 0 Å². The maximum Gasteiger partial charge on any atom is 0.0527 e. The number of benzene rings is 1. The third kappa shape index (κ3) is 3.13. The molecule has 1 aromatic carbocycles. The molecule has 0 saturated heterocycles. The van der Waals surface area contributed by atoms with E-state index in [1.165, 1.54) is 22.3 Å². The monoisotopic (exact) mass is 248 g/mol. The molecule has 2 rings (SSSR count). The minimum absolute atomic E-state index is 0.176. The molecule has 0 saturated carbocycles. The lowest BCUT2D eigenvalue weighted by molar-refractivity contribution is 0.340. The van der Waals surface area contributed by atoms with Gasteiger partial charge in [0.15, 0.2) is 0 Å². The van der Waals surface area contributed by atoms with E-state index in [2.05, 4.69) is 52.0 Å². The van der Waals surface area contributed by atoms with Crippen LogP contribution in [-0.4, -0.2) is 5.38 Å². The van der Waals surface area contributed by atoms with Crippen LogP contribution in [0.3, 0.4) is 0 Å². The zero-order valence-electron chi connectivity index (χ0n) is 11.2. The van der Waals surface area contributed by atoms with Crippen LogP contribution in [0.1, 0.15) is 43.4 Å². The van der Waals surface area contributed by atoms with Crippen molar-refractivity contribution in [2.45, 2.75) is 45.9 Å². The summed E-state index contributed by atoms with van der Waals surface area (Å²) in [6, 6.07) is 6.75. The standard InChI is InChI=1S/C16H21Cl/c1-11-5-12(2)7-13(6-11)14-8-15(17)10-16(3,4)9-14/h5-8,15H,9-10H2,1-4H3. The van der Waals surface area contributed by atoms with Gasteiger partial charge in [-0.3, -0.25) is 0 Å². The molecular weight excluding hydrogens is 228 g/mol. The minimum Gasteiger partial charge on any atom is -0.118 e. The van der Waals surface area contributed by atoms with E-state index in [9.17, 15) is 0 Å². The molecule has 0 aromatic heterocycles. The summed E-state index contributed by atoms with van der Waals surface area (Å²) >= 11 is 6.35. The highest BCUT2D eigenvalue weighted by atomic mass is 35.5. The van der Waals surface area contributed by atoms with Crippen molar-refractivity contribution in [1.82, 2.24) is 0 Å².